The van der Waals surface area contributed by atoms with Crippen LogP contribution in [-0.2, 0) is 0 Å². The number of aromatic nitrogens is 3. The maximum Gasteiger partial charge on any atom is 0.213 e. The number of H-pyrrole nitrogens is 1. The normalized spacial score (nSPS) is 12.7. The summed E-state index contributed by atoms with van der Waals surface area (Å²) < 4.78 is 0. The third-order valence-electron chi connectivity index (χ3n) is 2.19. The number of hydrogen-bond donors (Lipinski definition) is 2. The predicted octanol–water partition coefficient (Wildman–Crippen LogP) is 2.28. The van der Waals surface area contributed by atoms with Crippen LogP contribution in [0.1, 0.15) is 24.4 Å². The van der Waals surface area contributed by atoms with Gasteiger partial charge in [-0.15, -0.1) is 5.10 Å². The highest BCUT2D eigenvalue weighted by Gasteiger charge is 2.09. The summed E-state index contributed by atoms with van der Waals surface area (Å²) in [7, 11) is 0. The van der Waals surface area contributed by atoms with Crippen LogP contribution in [0.3, 0.4) is 0 Å². The molecule has 84 valence electrons. The van der Waals surface area contributed by atoms with Crippen LogP contribution in [0.5, 0.6) is 0 Å². The smallest absolute Gasteiger partial charge is 0.213 e. The number of benzene rings is 1. The molecular weight excluding hydrogens is 220 g/mol. The summed E-state index contributed by atoms with van der Waals surface area (Å²) in [5.74, 6) is 0.820. The van der Waals surface area contributed by atoms with Gasteiger partial charge in [-0.2, -0.15) is 0 Å². The largest absolute Gasteiger partial charge is 0.324 e. The molecule has 4 nitrogen and oxygen atoms in total. The average Bonchev–Trinajstić information content (AvgIpc) is 2.64. The number of rotatable bonds is 3. The van der Waals surface area contributed by atoms with E-state index in [-0.39, 0.29) is 6.04 Å². The lowest BCUT2D eigenvalue weighted by Crippen LogP contribution is -2.06. The van der Waals surface area contributed by atoms with Crippen LogP contribution >= 0.6 is 11.8 Å². The zero-order valence-electron chi connectivity index (χ0n) is 9.27. The standard InChI is InChI=1S/C11H14N4S/c1-7(12)9-5-3-4-6-10(9)16-11-13-8(2)14-15-11/h3-7H,12H2,1-2H3,(H,13,14,15)/t7-/m1/s1. The highest BCUT2D eigenvalue weighted by atomic mass is 32.2. The molecule has 0 unspecified atom stereocenters. The summed E-state index contributed by atoms with van der Waals surface area (Å²) in [6.07, 6.45) is 0. The topological polar surface area (TPSA) is 67.6 Å². The third kappa shape index (κ3) is 2.43. The molecular formula is C11H14N4S. The zero-order valence-corrected chi connectivity index (χ0v) is 10.1. The fraction of sp³-hybridized carbons (Fsp3) is 0.273. The average molecular weight is 234 g/mol. The lowest BCUT2D eigenvalue weighted by Gasteiger charge is -2.10. The monoisotopic (exact) mass is 234 g/mol. The van der Waals surface area contributed by atoms with Gasteiger partial charge in [0.05, 0.1) is 0 Å². The Labute approximate surface area is 98.7 Å². The molecule has 1 atom stereocenters. The SMILES string of the molecule is Cc1nc(Sc2ccccc2[C@@H](C)N)n[nH]1. The van der Waals surface area contributed by atoms with Crippen molar-refractivity contribution in [2.24, 2.45) is 5.73 Å². The van der Waals surface area contributed by atoms with E-state index in [4.69, 9.17) is 5.73 Å². The van der Waals surface area contributed by atoms with Gasteiger partial charge >= 0.3 is 0 Å². The molecule has 0 saturated carbocycles. The minimum absolute atomic E-state index is 0.0174. The van der Waals surface area contributed by atoms with Gasteiger partial charge in [0.25, 0.3) is 0 Å². The van der Waals surface area contributed by atoms with Gasteiger partial charge in [0.15, 0.2) is 0 Å². The minimum atomic E-state index is 0.0174. The molecule has 0 fully saturated rings. The van der Waals surface area contributed by atoms with Crippen molar-refractivity contribution in [2.75, 3.05) is 0 Å². The van der Waals surface area contributed by atoms with Crippen molar-refractivity contribution in [1.29, 1.82) is 0 Å². The summed E-state index contributed by atoms with van der Waals surface area (Å²) in [4.78, 5) is 5.37. The summed E-state index contributed by atoms with van der Waals surface area (Å²) >= 11 is 1.53. The number of aryl methyl sites for hydroxylation is 1. The second kappa shape index (κ2) is 4.67. The van der Waals surface area contributed by atoms with E-state index in [0.29, 0.717) is 0 Å². The fourth-order valence-electron chi connectivity index (χ4n) is 1.42. The number of nitrogens with zero attached hydrogens (tertiary/aromatic N) is 2. The first-order valence-corrected chi connectivity index (χ1v) is 5.90. The molecule has 0 radical (unpaired) electrons. The molecule has 0 spiro atoms. The van der Waals surface area contributed by atoms with Crippen LogP contribution < -0.4 is 5.73 Å². The van der Waals surface area contributed by atoms with Crippen LogP contribution in [0.25, 0.3) is 0 Å². The molecule has 1 heterocycles. The van der Waals surface area contributed by atoms with E-state index in [2.05, 4.69) is 15.2 Å². The molecule has 0 amide bonds. The maximum atomic E-state index is 5.91. The highest BCUT2D eigenvalue weighted by molar-refractivity contribution is 7.99. The van der Waals surface area contributed by atoms with Gasteiger partial charge in [-0.25, -0.2) is 4.98 Å². The van der Waals surface area contributed by atoms with Crippen LogP contribution in [0.2, 0.25) is 0 Å². The minimum Gasteiger partial charge on any atom is -0.324 e. The van der Waals surface area contributed by atoms with E-state index in [1.165, 1.54) is 11.8 Å². The number of aromatic amines is 1. The maximum absolute atomic E-state index is 5.91. The molecule has 1 aromatic heterocycles. The summed E-state index contributed by atoms with van der Waals surface area (Å²) in [5.41, 5.74) is 7.03. The molecule has 2 aromatic rings. The van der Waals surface area contributed by atoms with Crippen molar-refractivity contribution < 1.29 is 0 Å². The van der Waals surface area contributed by atoms with Crippen molar-refractivity contribution in [3.05, 3.63) is 35.7 Å². The first-order valence-electron chi connectivity index (χ1n) is 5.08. The fourth-order valence-corrected chi connectivity index (χ4v) is 2.40. The van der Waals surface area contributed by atoms with Crippen molar-refractivity contribution in [1.82, 2.24) is 15.2 Å². The van der Waals surface area contributed by atoms with Gasteiger partial charge in [0.2, 0.25) is 5.16 Å². The van der Waals surface area contributed by atoms with Gasteiger partial charge in [-0.05, 0) is 37.2 Å². The van der Waals surface area contributed by atoms with Gasteiger partial charge < -0.3 is 5.73 Å². The molecule has 0 aliphatic rings. The Morgan fingerprint density at radius 3 is 2.75 bits per heavy atom. The van der Waals surface area contributed by atoms with Gasteiger partial charge in [0.1, 0.15) is 5.82 Å². The Bertz CT molecular complexity index is 478. The number of nitrogens with two attached hydrogens (primary N) is 1. The Balaban J connectivity index is 2.27. The second-order valence-corrected chi connectivity index (χ2v) is 4.64. The van der Waals surface area contributed by atoms with E-state index < -0.39 is 0 Å². The van der Waals surface area contributed by atoms with E-state index >= 15 is 0 Å². The first kappa shape index (κ1) is 11.2. The molecule has 16 heavy (non-hydrogen) atoms. The summed E-state index contributed by atoms with van der Waals surface area (Å²) in [5, 5.41) is 7.65. The van der Waals surface area contributed by atoms with Crippen molar-refractivity contribution in [3.63, 3.8) is 0 Å². The second-order valence-electron chi connectivity index (χ2n) is 3.63. The molecule has 3 N–H and O–H groups in total. The third-order valence-corrected chi connectivity index (χ3v) is 3.14. The first-order chi connectivity index (χ1) is 7.66. The summed E-state index contributed by atoms with van der Waals surface area (Å²) in [6.45, 7) is 3.86. The molecule has 0 bridgehead atoms. The van der Waals surface area contributed by atoms with E-state index in [1.807, 2.05) is 38.1 Å². The Morgan fingerprint density at radius 2 is 2.12 bits per heavy atom. The van der Waals surface area contributed by atoms with Crippen LogP contribution in [0, 0.1) is 6.92 Å². The van der Waals surface area contributed by atoms with Crippen molar-refractivity contribution in [3.8, 4) is 0 Å². The van der Waals surface area contributed by atoms with Crippen LogP contribution in [0.4, 0.5) is 0 Å². The molecule has 5 heteroatoms. The molecule has 0 aliphatic carbocycles. The van der Waals surface area contributed by atoms with Crippen LogP contribution in [-0.4, -0.2) is 15.2 Å². The molecule has 1 aromatic carbocycles. The Kier molecular flexibility index (Phi) is 3.26. The highest BCUT2D eigenvalue weighted by Crippen LogP contribution is 2.30. The lowest BCUT2D eigenvalue weighted by molar-refractivity contribution is 0.796. The molecule has 2 rings (SSSR count). The van der Waals surface area contributed by atoms with Gasteiger partial charge in [-0.3, -0.25) is 5.10 Å². The van der Waals surface area contributed by atoms with E-state index in [9.17, 15) is 0 Å². The van der Waals surface area contributed by atoms with E-state index in [1.54, 1.807) is 0 Å². The Morgan fingerprint density at radius 1 is 1.38 bits per heavy atom. The number of nitrogens with one attached hydrogen (secondary N) is 1. The van der Waals surface area contributed by atoms with Crippen molar-refractivity contribution >= 4 is 11.8 Å². The number of hydrogen-bond acceptors (Lipinski definition) is 4. The van der Waals surface area contributed by atoms with Gasteiger partial charge in [0, 0.05) is 10.9 Å². The van der Waals surface area contributed by atoms with E-state index in [0.717, 1.165) is 21.4 Å². The quantitative estimate of drug-likeness (QED) is 0.855. The predicted molar refractivity (Wildman–Crippen MR) is 64.3 cm³/mol. The van der Waals surface area contributed by atoms with Crippen LogP contribution in [0.15, 0.2) is 34.3 Å². The molecule has 0 aliphatic heterocycles. The Hall–Kier alpha value is -1.33. The van der Waals surface area contributed by atoms with Crippen molar-refractivity contribution in [2.45, 2.75) is 29.9 Å². The summed E-state index contributed by atoms with van der Waals surface area (Å²) in [6, 6.07) is 8.07. The zero-order chi connectivity index (χ0) is 11.5. The lowest BCUT2D eigenvalue weighted by atomic mass is 10.1. The molecule has 0 saturated heterocycles. The van der Waals surface area contributed by atoms with Gasteiger partial charge in [-0.1, -0.05) is 18.2 Å².